The lowest BCUT2D eigenvalue weighted by atomic mass is 10.1. The van der Waals surface area contributed by atoms with Crippen LogP contribution in [0.3, 0.4) is 0 Å². The van der Waals surface area contributed by atoms with Gasteiger partial charge in [0, 0.05) is 12.1 Å². The number of aromatic amines is 1. The first-order valence-corrected chi connectivity index (χ1v) is 7.42. The molecule has 4 heteroatoms. The van der Waals surface area contributed by atoms with Crippen LogP contribution in [0.4, 0.5) is 0 Å². The molecule has 0 fully saturated rings. The van der Waals surface area contributed by atoms with E-state index in [-0.39, 0.29) is 0 Å². The summed E-state index contributed by atoms with van der Waals surface area (Å²) in [5, 5.41) is 7.27. The van der Waals surface area contributed by atoms with Gasteiger partial charge in [0.1, 0.15) is 5.82 Å². The van der Waals surface area contributed by atoms with E-state index in [9.17, 15) is 0 Å². The number of hydrogen-bond acceptors (Lipinski definition) is 2. The van der Waals surface area contributed by atoms with Gasteiger partial charge in [0.2, 0.25) is 0 Å². The van der Waals surface area contributed by atoms with Gasteiger partial charge in [-0.2, -0.15) is 5.10 Å². The summed E-state index contributed by atoms with van der Waals surface area (Å²) in [4.78, 5) is 0. The number of aryl methyl sites for hydroxylation is 3. The molecule has 2 aromatic carbocycles. The highest BCUT2D eigenvalue weighted by Crippen LogP contribution is 2.13. The van der Waals surface area contributed by atoms with Crippen molar-refractivity contribution in [1.82, 2.24) is 14.8 Å². The van der Waals surface area contributed by atoms with Crippen molar-refractivity contribution < 1.29 is 0 Å². The zero-order valence-electron chi connectivity index (χ0n) is 11.9. The van der Waals surface area contributed by atoms with Gasteiger partial charge in [0.05, 0.1) is 0 Å². The van der Waals surface area contributed by atoms with Crippen LogP contribution in [0, 0.1) is 11.7 Å². The maximum absolute atomic E-state index is 5.35. The van der Waals surface area contributed by atoms with Crippen LogP contribution in [0.5, 0.6) is 0 Å². The standard InChI is InChI=1S/C17H17N3S/c1-13-6-5-7-14(12-13)10-11-16-18-19-17(21)20(16)15-8-3-2-4-9-15/h2-9,12H,10-11H2,1H3,(H,19,21). The molecule has 21 heavy (non-hydrogen) atoms. The predicted octanol–water partition coefficient (Wildman–Crippen LogP) is 4.02. The van der Waals surface area contributed by atoms with E-state index >= 15 is 0 Å². The molecule has 0 aliphatic rings. The second-order valence-corrected chi connectivity index (χ2v) is 5.49. The molecule has 0 saturated carbocycles. The SMILES string of the molecule is Cc1cccc(CCc2n[nH]c(=S)n2-c2ccccc2)c1. The highest BCUT2D eigenvalue weighted by molar-refractivity contribution is 7.71. The van der Waals surface area contributed by atoms with Gasteiger partial charge in [-0.15, -0.1) is 0 Å². The van der Waals surface area contributed by atoms with Crippen LogP contribution in [0.2, 0.25) is 0 Å². The number of nitrogens with one attached hydrogen (secondary N) is 1. The summed E-state index contributed by atoms with van der Waals surface area (Å²) < 4.78 is 2.64. The third-order valence-electron chi connectivity index (χ3n) is 3.48. The fourth-order valence-corrected chi connectivity index (χ4v) is 2.72. The Labute approximate surface area is 129 Å². The number of rotatable bonds is 4. The molecule has 0 aliphatic heterocycles. The van der Waals surface area contributed by atoms with E-state index in [1.54, 1.807) is 0 Å². The molecule has 0 aliphatic carbocycles. The normalized spacial score (nSPS) is 10.7. The van der Waals surface area contributed by atoms with Gasteiger partial charge < -0.3 is 0 Å². The van der Waals surface area contributed by atoms with Crippen LogP contribution in [-0.2, 0) is 12.8 Å². The van der Waals surface area contributed by atoms with Crippen molar-refractivity contribution in [2.75, 3.05) is 0 Å². The summed E-state index contributed by atoms with van der Waals surface area (Å²) in [6.07, 6.45) is 1.81. The van der Waals surface area contributed by atoms with Gasteiger partial charge in [0.15, 0.2) is 4.77 Å². The summed E-state index contributed by atoms with van der Waals surface area (Å²) in [5.41, 5.74) is 3.66. The molecule has 0 saturated heterocycles. The molecule has 0 spiro atoms. The van der Waals surface area contributed by atoms with E-state index in [1.165, 1.54) is 11.1 Å². The van der Waals surface area contributed by atoms with Crippen molar-refractivity contribution in [3.8, 4) is 5.69 Å². The zero-order chi connectivity index (χ0) is 14.7. The van der Waals surface area contributed by atoms with E-state index < -0.39 is 0 Å². The molecule has 0 atom stereocenters. The number of H-pyrrole nitrogens is 1. The average molecular weight is 295 g/mol. The number of nitrogens with zero attached hydrogens (tertiary/aromatic N) is 2. The van der Waals surface area contributed by atoms with Gasteiger partial charge in [-0.3, -0.25) is 9.67 Å². The predicted molar refractivity (Wildman–Crippen MR) is 87.3 cm³/mol. The highest BCUT2D eigenvalue weighted by atomic mass is 32.1. The zero-order valence-corrected chi connectivity index (χ0v) is 12.7. The monoisotopic (exact) mass is 295 g/mol. The molecule has 0 radical (unpaired) electrons. The van der Waals surface area contributed by atoms with Crippen LogP contribution >= 0.6 is 12.2 Å². The largest absolute Gasteiger partial charge is 0.272 e. The minimum atomic E-state index is 0.639. The molecule has 1 heterocycles. The maximum atomic E-state index is 5.35. The highest BCUT2D eigenvalue weighted by Gasteiger charge is 2.08. The Morgan fingerprint density at radius 2 is 1.86 bits per heavy atom. The molecule has 1 N–H and O–H groups in total. The lowest BCUT2D eigenvalue weighted by molar-refractivity contribution is 0.819. The number of para-hydroxylation sites is 1. The van der Waals surface area contributed by atoms with Crippen molar-refractivity contribution >= 4 is 12.2 Å². The Morgan fingerprint density at radius 3 is 2.62 bits per heavy atom. The lowest BCUT2D eigenvalue weighted by Gasteiger charge is -2.07. The minimum Gasteiger partial charge on any atom is -0.272 e. The molecule has 106 valence electrons. The molecular weight excluding hydrogens is 278 g/mol. The second-order valence-electron chi connectivity index (χ2n) is 5.10. The average Bonchev–Trinajstić information content (AvgIpc) is 2.87. The number of benzene rings is 2. The molecule has 3 rings (SSSR count). The molecule has 3 aromatic rings. The van der Waals surface area contributed by atoms with Crippen molar-refractivity contribution in [1.29, 1.82) is 0 Å². The molecule has 3 nitrogen and oxygen atoms in total. The smallest absolute Gasteiger partial charge is 0.199 e. The first-order valence-electron chi connectivity index (χ1n) is 7.01. The third-order valence-corrected chi connectivity index (χ3v) is 3.75. The second kappa shape index (κ2) is 6.06. The first-order chi connectivity index (χ1) is 10.2. The summed E-state index contributed by atoms with van der Waals surface area (Å²) in [6.45, 7) is 2.11. The Balaban J connectivity index is 1.86. The molecule has 0 bridgehead atoms. The van der Waals surface area contributed by atoms with Crippen molar-refractivity contribution in [2.24, 2.45) is 0 Å². The Hall–Kier alpha value is -2.20. The van der Waals surface area contributed by atoms with Crippen LogP contribution in [0.1, 0.15) is 17.0 Å². The fourth-order valence-electron chi connectivity index (χ4n) is 2.46. The van der Waals surface area contributed by atoms with Crippen LogP contribution in [-0.4, -0.2) is 14.8 Å². The summed E-state index contributed by atoms with van der Waals surface area (Å²) in [5.74, 6) is 0.965. The quantitative estimate of drug-likeness (QED) is 0.737. The van der Waals surface area contributed by atoms with Crippen LogP contribution in [0.15, 0.2) is 54.6 Å². The van der Waals surface area contributed by atoms with E-state index in [4.69, 9.17) is 12.2 Å². The van der Waals surface area contributed by atoms with Gasteiger partial charge in [0.25, 0.3) is 0 Å². The number of hydrogen-bond donors (Lipinski definition) is 1. The lowest BCUT2D eigenvalue weighted by Crippen LogP contribution is -2.03. The van der Waals surface area contributed by atoms with Gasteiger partial charge >= 0.3 is 0 Å². The minimum absolute atomic E-state index is 0.639. The molecular formula is C17H17N3S. The topological polar surface area (TPSA) is 33.6 Å². The fraction of sp³-hybridized carbons (Fsp3) is 0.176. The van der Waals surface area contributed by atoms with Crippen LogP contribution in [0.25, 0.3) is 5.69 Å². The summed E-state index contributed by atoms with van der Waals surface area (Å²) >= 11 is 5.35. The van der Waals surface area contributed by atoms with E-state index in [2.05, 4.69) is 41.4 Å². The Bertz CT molecular complexity index is 787. The Morgan fingerprint density at radius 1 is 1.05 bits per heavy atom. The molecule has 0 amide bonds. The number of aromatic nitrogens is 3. The van der Waals surface area contributed by atoms with Gasteiger partial charge in [-0.1, -0.05) is 48.0 Å². The van der Waals surface area contributed by atoms with E-state index in [0.29, 0.717) is 4.77 Å². The van der Waals surface area contributed by atoms with Crippen molar-refractivity contribution in [2.45, 2.75) is 19.8 Å². The van der Waals surface area contributed by atoms with Crippen LogP contribution < -0.4 is 0 Å². The van der Waals surface area contributed by atoms with Crippen molar-refractivity contribution in [3.05, 3.63) is 76.3 Å². The van der Waals surface area contributed by atoms with Crippen molar-refractivity contribution in [3.63, 3.8) is 0 Å². The Kier molecular flexibility index (Phi) is 3.97. The van der Waals surface area contributed by atoms with Gasteiger partial charge in [-0.05, 0) is 43.3 Å². The third kappa shape index (κ3) is 3.11. The summed E-state index contributed by atoms with van der Waals surface area (Å²) in [6, 6.07) is 18.7. The molecule has 1 aromatic heterocycles. The summed E-state index contributed by atoms with van der Waals surface area (Å²) in [7, 11) is 0. The van der Waals surface area contributed by atoms with E-state index in [0.717, 1.165) is 24.4 Å². The first kappa shape index (κ1) is 13.8. The molecule has 0 unspecified atom stereocenters. The van der Waals surface area contributed by atoms with E-state index in [1.807, 2.05) is 34.9 Å². The van der Waals surface area contributed by atoms with Gasteiger partial charge in [-0.25, -0.2) is 0 Å². The maximum Gasteiger partial charge on any atom is 0.199 e.